The Morgan fingerprint density at radius 2 is 1.94 bits per heavy atom. The zero-order valence-electron chi connectivity index (χ0n) is 10.5. The third kappa shape index (κ3) is 2.95. The largest absolute Gasteiger partial charge is 0.295 e. The van der Waals surface area contributed by atoms with Crippen molar-refractivity contribution >= 4 is 11.9 Å². The highest BCUT2D eigenvalue weighted by Crippen LogP contribution is 2.16. The number of ketones is 1. The van der Waals surface area contributed by atoms with Gasteiger partial charge in [-0.1, -0.05) is 55.1 Å². The average Bonchev–Trinajstić information content (AvgIpc) is 2.36. The summed E-state index contributed by atoms with van der Waals surface area (Å²) < 4.78 is 0. The van der Waals surface area contributed by atoms with Crippen molar-refractivity contribution < 1.29 is 4.79 Å². The first-order chi connectivity index (χ1) is 8.66. The highest BCUT2D eigenvalue weighted by Gasteiger charge is 2.02. The van der Waals surface area contributed by atoms with Crippen LogP contribution in [0.2, 0.25) is 0 Å². The van der Waals surface area contributed by atoms with Crippen molar-refractivity contribution in [3.05, 3.63) is 77.4 Å². The molecule has 1 aliphatic rings. The lowest BCUT2D eigenvalue weighted by Crippen LogP contribution is -1.95. The summed E-state index contributed by atoms with van der Waals surface area (Å²) in [6.07, 6.45) is 10.6. The Labute approximate surface area is 108 Å². The minimum atomic E-state index is 0.0645. The number of hydrogen-bond donors (Lipinski definition) is 0. The molecule has 1 aliphatic carbocycles. The molecule has 1 aromatic rings. The molecule has 0 spiro atoms. The van der Waals surface area contributed by atoms with Crippen LogP contribution in [0, 0.1) is 0 Å². The van der Waals surface area contributed by atoms with Gasteiger partial charge in [-0.3, -0.25) is 4.79 Å². The third-order valence-electron chi connectivity index (χ3n) is 2.91. The Bertz CT molecular complexity index is 571. The smallest absolute Gasteiger partial charge is 0.159 e. The summed E-state index contributed by atoms with van der Waals surface area (Å²) in [4.78, 5) is 11.5. The van der Waals surface area contributed by atoms with Gasteiger partial charge in [0.1, 0.15) is 0 Å². The van der Waals surface area contributed by atoms with Crippen LogP contribution >= 0.6 is 0 Å². The third-order valence-corrected chi connectivity index (χ3v) is 2.91. The zero-order chi connectivity index (χ0) is 13.0. The normalized spacial score (nSPS) is 21.4. The van der Waals surface area contributed by atoms with E-state index in [-0.39, 0.29) is 5.78 Å². The fraction of sp³-hybridized carbons (Fsp3) is 0.118. The van der Waals surface area contributed by atoms with Gasteiger partial charge in [0, 0.05) is 5.57 Å². The number of carbonyl (C=O) groups excluding carboxylic acids is 1. The van der Waals surface area contributed by atoms with Gasteiger partial charge in [-0.15, -0.1) is 0 Å². The monoisotopic (exact) mass is 236 g/mol. The molecule has 0 bridgehead atoms. The summed E-state index contributed by atoms with van der Waals surface area (Å²) in [5, 5.41) is 0. The summed E-state index contributed by atoms with van der Waals surface area (Å²) in [5.74, 6) is 0.0645. The van der Waals surface area contributed by atoms with Crippen LogP contribution in [0.15, 0.2) is 66.3 Å². The molecule has 90 valence electrons. The van der Waals surface area contributed by atoms with E-state index in [4.69, 9.17) is 0 Å². The molecule has 0 heterocycles. The van der Waals surface area contributed by atoms with E-state index in [0.29, 0.717) is 5.57 Å². The maximum Gasteiger partial charge on any atom is 0.159 e. The van der Waals surface area contributed by atoms with Crippen molar-refractivity contribution in [1.29, 1.82) is 0 Å². The lowest BCUT2D eigenvalue weighted by Gasteiger charge is -2.05. The fourth-order valence-corrected chi connectivity index (χ4v) is 1.91. The van der Waals surface area contributed by atoms with Crippen molar-refractivity contribution in [2.45, 2.75) is 13.3 Å². The molecular weight excluding hydrogens is 220 g/mol. The highest BCUT2D eigenvalue weighted by molar-refractivity contribution is 5.96. The van der Waals surface area contributed by atoms with Crippen LogP contribution in [0.1, 0.15) is 18.1 Å². The van der Waals surface area contributed by atoms with E-state index in [1.165, 1.54) is 11.1 Å². The Morgan fingerprint density at radius 1 is 1.17 bits per heavy atom. The number of Topliss-reactive ketones (excluding diaryl/α,β-unsaturated/α-hetero) is 1. The summed E-state index contributed by atoms with van der Waals surface area (Å²) in [6.45, 7) is 5.52. The molecule has 0 aliphatic heterocycles. The van der Waals surface area contributed by atoms with Crippen LogP contribution < -0.4 is 0 Å². The first-order valence-electron chi connectivity index (χ1n) is 6.01. The molecule has 1 heteroatoms. The predicted octanol–water partition coefficient (Wildman–Crippen LogP) is 3.88. The van der Waals surface area contributed by atoms with Crippen LogP contribution in [0.5, 0.6) is 0 Å². The SMILES string of the molecule is C=C1/C=C\c2ccccc2C/C=C\C(C(C)=O)=C/1. The number of fused-ring (bicyclic) bond motifs is 1. The summed E-state index contributed by atoms with van der Waals surface area (Å²) in [6, 6.07) is 8.25. The molecule has 0 amide bonds. The maximum atomic E-state index is 11.5. The van der Waals surface area contributed by atoms with Crippen LogP contribution in [0.3, 0.4) is 0 Å². The Balaban J connectivity index is 2.43. The second-order valence-electron chi connectivity index (χ2n) is 4.37. The van der Waals surface area contributed by atoms with Gasteiger partial charge < -0.3 is 0 Å². The van der Waals surface area contributed by atoms with Crippen molar-refractivity contribution in [2.75, 3.05) is 0 Å². The Kier molecular flexibility index (Phi) is 3.73. The van der Waals surface area contributed by atoms with Crippen LogP contribution in [-0.2, 0) is 11.2 Å². The fourth-order valence-electron chi connectivity index (χ4n) is 1.91. The van der Waals surface area contributed by atoms with E-state index in [0.717, 1.165) is 12.0 Å². The van der Waals surface area contributed by atoms with Gasteiger partial charge in [-0.2, -0.15) is 0 Å². The van der Waals surface area contributed by atoms with Crippen molar-refractivity contribution in [3.63, 3.8) is 0 Å². The molecule has 0 fully saturated rings. The van der Waals surface area contributed by atoms with Gasteiger partial charge in [0.05, 0.1) is 0 Å². The molecule has 0 radical (unpaired) electrons. The van der Waals surface area contributed by atoms with Gasteiger partial charge in [-0.25, -0.2) is 0 Å². The van der Waals surface area contributed by atoms with Gasteiger partial charge in [-0.05, 0) is 36.1 Å². The summed E-state index contributed by atoms with van der Waals surface area (Å²) in [5.41, 5.74) is 3.98. The first kappa shape index (κ1) is 12.3. The van der Waals surface area contributed by atoms with Gasteiger partial charge in [0.15, 0.2) is 5.78 Å². The van der Waals surface area contributed by atoms with E-state index < -0.39 is 0 Å². The predicted molar refractivity (Wildman–Crippen MR) is 76.2 cm³/mol. The average molecular weight is 236 g/mol. The van der Waals surface area contributed by atoms with Crippen molar-refractivity contribution in [3.8, 4) is 0 Å². The Morgan fingerprint density at radius 3 is 2.72 bits per heavy atom. The van der Waals surface area contributed by atoms with Gasteiger partial charge >= 0.3 is 0 Å². The van der Waals surface area contributed by atoms with Crippen LogP contribution in [0.4, 0.5) is 0 Å². The molecule has 1 nitrogen and oxygen atoms in total. The summed E-state index contributed by atoms with van der Waals surface area (Å²) >= 11 is 0. The molecule has 0 unspecified atom stereocenters. The van der Waals surface area contributed by atoms with E-state index in [9.17, 15) is 4.79 Å². The highest BCUT2D eigenvalue weighted by atomic mass is 16.1. The van der Waals surface area contributed by atoms with Crippen molar-refractivity contribution in [1.82, 2.24) is 0 Å². The second-order valence-corrected chi connectivity index (χ2v) is 4.37. The van der Waals surface area contributed by atoms with Gasteiger partial charge in [0.25, 0.3) is 0 Å². The lowest BCUT2D eigenvalue weighted by molar-refractivity contribution is -0.113. The van der Waals surface area contributed by atoms with Crippen LogP contribution in [-0.4, -0.2) is 5.78 Å². The first-order valence-corrected chi connectivity index (χ1v) is 6.01. The second kappa shape index (κ2) is 5.46. The molecule has 18 heavy (non-hydrogen) atoms. The Hall–Kier alpha value is -2.15. The zero-order valence-corrected chi connectivity index (χ0v) is 10.5. The van der Waals surface area contributed by atoms with E-state index in [1.807, 2.05) is 42.5 Å². The standard InChI is InChI=1S/C17H16O/c1-13-10-11-16-7-4-3-6-15(16)8-5-9-17(12-13)14(2)18/h3-7,9-12H,1,8H2,2H3/b9-5-,11-10-,17-12+. The van der Waals surface area contributed by atoms with Gasteiger partial charge in [0.2, 0.25) is 0 Å². The van der Waals surface area contributed by atoms with E-state index >= 15 is 0 Å². The lowest BCUT2D eigenvalue weighted by atomic mass is 9.99. The maximum absolute atomic E-state index is 11.5. The topological polar surface area (TPSA) is 17.1 Å². The minimum absolute atomic E-state index is 0.0645. The molecule has 0 N–H and O–H groups in total. The number of allylic oxidation sites excluding steroid dienone is 6. The van der Waals surface area contributed by atoms with Crippen LogP contribution in [0.25, 0.3) is 6.08 Å². The number of hydrogen-bond acceptors (Lipinski definition) is 1. The van der Waals surface area contributed by atoms with E-state index in [2.05, 4.69) is 18.7 Å². The van der Waals surface area contributed by atoms with Crippen molar-refractivity contribution in [2.24, 2.45) is 0 Å². The molecule has 1 aromatic carbocycles. The number of rotatable bonds is 1. The summed E-state index contributed by atoms with van der Waals surface area (Å²) in [7, 11) is 0. The molecule has 0 aromatic heterocycles. The molecular formula is C17H16O. The number of benzene rings is 1. The number of carbonyl (C=O) groups is 1. The molecule has 0 atom stereocenters. The molecule has 2 rings (SSSR count). The minimum Gasteiger partial charge on any atom is -0.295 e. The van der Waals surface area contributed by atoms with E-state index in [1.54, 1.807) is 6.92 Å². The molecule has 0 saturated carbocycles. The molecule has 0 saturated heterocycles. The quantitative estimate of drug-likeness (QED) is 0.723.